The van der Waals surface area contributed by atoms with Crippen LogP contribution in [-0.2, 0) is 32.0 Å². The molecule has 7 N–H and O–H groups in total. The highest BCUT2D eigenvalue weighted by Gasteiger charge is 2.32. The fraction of sp³-hybridized carbons (Fsp3) is 0.458. The quantitative estimate of drug-likeness (QED) is 0.233. The summed E-state index contributed by atoms with van der Waals surface area (Å²) in [6.45, 7) is 5.03. The van der Waals surface area contributed by atoms with Crippen LogP contribution in [-0.4, -0.2) is 62.9 Å². The molecule has 0 fully saturated rings. The average Bonchev–Trinajstić information content (AvgIpc) is 3.34. The number of nitrogens with two attached hydrogens (primary N) is 1. The summed E-state index contributed by atoms with van der Waals surface area (Å²) in [7, 11) is 0. The summed E-state index contributed by atoms with van der Waals surface area (Å²) in [6.07, 6.45) is 3.99. The van der Waals surface area contributed by atoms with E-state index in [4.69, 9.17) is 10.8 Å². The number of carbonyl (C=O) groups is 4. The Labute approximate surface area is 204 Å². The SMILES string of the molecule is CCC(C)C(NC(=O)C(N)Cc1cnc[nH]1)C(=O)NC(Cc1ccccc1)C(=O)NC(C)C(=O)O. The maximum absolute atomic E-state index is 13.3. The third-order valence-electron chi connectivity index (χ3n) is 5.77. The lowest BCUT2D eigenvalue weighted by atomic mass is 9.96. The number of benzene rings is 1. The number of nitrogens with zero attached hydrogens (tertiary/aromatic N) is 1. The van der Waals surface area contributed by atoms with Crippen molar-refractivity contribution in [2.75, 3.05) is 0 Å². The smallest absolute Gasteiger partial charge is 0.325 e. The number of aromatic nitrogens is 2. The van der Waals surface area contributed by atoms with Crippen molar-refractivity contribution >= 4 is 23.7 Å². The maximum atomic E-state index is 13.3. The molecule has 0 bridgehead atoms. The van der Waals surface area contributed by atoms with E-state index in [0.29, 0.717) is 12.1 Å². The highest BCUT2D eigenvalue weighted by atomic mass is 16.4. The largest absolute Gasteiger partial charge is 0.480 e. The Kier molecular flexibility index (Phi) is 10.4. The van der Waals surface area contributed by atoms with E-state index < -0.39 is 47.9 Å². The second-order valence-corrected chi connectivity index (χ2v) is 8.58. The Morgan fingerprint density at radius 2 is 1.69 bits per heavy atom. The minimum Gasteiger partial charge on any atom is -0.480 e. The molecule has 1 heterocycles. The number of hydrogen-bond donors (Lipinski definition) is 6. The third-order valence-corrected chi connectivity index (χ3v) is 5.77. The predicted molar refractivity (Wildman–Crippen MR) is 129 cm³/mol. The molecule has 5 unspecified atom stereocenters. The summed E-state index contributed by atoms with van der Waals surface area (Å²) in [5.41, 5.74) is 7.49. The van der Waals surface area contributed by atoms with Crippen LogP contribution in [0.5, 0.6) is 0 Å². The molecule has 0 aliphatic carbocycles. The Hall–Kier alpha value is -3.73. The highest BCUT2D eigenvalue weighted by molar-refractivity contribution is 5.94. The highest BCUT2D eigenvalue weighted by Crippen LogP contribution is 2.11. The lowest BCUT2D eigenvalue weighted by Gasteiger charge is -2.27. The molecule has 0 aliphatic heterocycles. The van der Waals surface area contributed by atoms with Crippen molar-refractivity contribution < 1.29 is 24.3 Å². The minimum absolute atomic E-state index is 0.144. The predicted octanol–water partition coefficient (Wildman–Crippen LogP) is 0.127. The van der Waals surface area contributed by atoms with Gasteiger partial charge in [0.25, 0.3) is 0 Å². The molecule has 0 radical (unpaired) electrons. The monoisotopic (exact) mass is 486 g/mol. The number of carboxylic acid groups (broad SMARTS) is 1. The summed E-state index contributed by atoms with van der Waals surface area (Å²) < 4.78 is 0. The molecule has 5 atom stereocenters. The number of carboxylic acids is 1. The van der Waals surface area contributed by atoms with Crippen LogP contribution in [0.25, 0.3) is 0 Å². The molecule has 11 nitrogen and oxygen atoms in total. The second-order valence-electron chi connectivity index (χ2n) is 8.58. The zero-order chi connectivity index (χ0) is 26.0. The summed E-state index contributed by atoms with van der Waals surface area (Å²) >= 11 is 0. The van der Waals surface area contributed by atoms with Gasteiger partial charge in [-0.1, -0.05) is 50.6 Å². The number of carbonyl (C=O) groups excluding carboxylic acids is 3. The molecule has 35 heavy (non-hydrogen) atoms. The van der Waals surface area contributed by atoms with Gasteiger partial charge < -0.3 is 31.8 Å². The Bertz CT molecular complexity index is 982. The van der Waals surface area contributed by atoms with Crippen LogP contribution >= 0.6 is 0 Å². The summed E-state index contributed by atoms with van der Waals surface area (Å²) in [5, 5.41) is 17.0. The van der Waals surface area contributed by atoms with E-state index in [0.717, 1.165) is 5.56 Å². The number of hydrogen-bond acceptors (Lipinski definition) is 6. The van der Waals surface area contributed by atoms with Gasteiger partial charge in [0, 0.05) is 24.7 Å². The molecular weight excluding hydrogens is 452 g/mol. The van der Waals surface area contributed by atoms with Gasteiger partial charge in [0.2, 0.25) is 17.7 Å². The zero-order valence-corrected chi connectivity index (χ0v) is 20.2. The van der Waals surface area contributed by atoms with Gasteiger partial charge in [-0.05, 0) is 18.4 Å². The van der Waals surface area contributed by atoms with E-state index >= 15 is 0 Å². The molecule has 2 aromatic rings. The van der Waals surface area contributed by atoms with Crippen LogP contribution in [0.1, 0.15) is 38.4 Å². The normalized spacial score (nSPS) is 15.2. The Balaban J connectivity index is 2.16. The minimum atomic E-state index is -1.20. The first-order valence-electron chi connectivity index (χ1n) is 11.5. The fourth-order valence-corrected chi connectivity index (χ4v) is 3.38. The fourth-order valence-electron chi connectivity index (χ4n) is 3.38. The van der Waals surface area contributed by atoms with Crippen LogP contribution < -0.4 is 21.7 Å². The standard InChI is InChI=1S/C24H34N6O5/c1-4-14(2)20(30-21(31)18(25)11-17-12-26-13-27-17)23(33)29-19(10-16-8-6-5-7-9-16)22(32)28-15(3)24(34)35/h5-9,12-15,18-20H,4,10-11,25H2,1-3H3,(H,26,27)(H,28,32)(H,29,33)(H,30,31)(H,34,35). The van der Waals surface area contributed by atoms with Crippen molar-refractivity contribution in [2.24, 2.45) is 11.7 Å². The van der Waals surface area contributed by atoms with Crippen molar-refractivity contribution in [3.05, 3.63) is 54.1 Å². The van der Waals surface area contributed by atoms with Gasteiger partial charge in [0.1, 0.15) is 18.1 Å². The van der Waals surface area contributed by atoms with Crippen LogP contribution in [0.2, 0.25) is 0 Å². The Morgan fingerprint density at radius 3 is 2.26 bits per heavy atom. The van der Waals surface area contributed by atoms with E-state index in [1.165, 1.54) is 13.3 Å². The van der Waals surface area contributed by atoms with Crippen molar-refractivity contribution in [2.45, 2.75) is 64.2 Å². The molecule has 0 saturated heterocycles. The lowest BCUT2D eigenvalue weighted by molar-refractivity contribution is -0.141. The molecule has 0 saturated carbocycles. The van der Waals surface area contributed by atoms with Crippen molar-refractivity contribution in [1.29, 1.82) is 0 Å². The number of imidazole rings is 1. The second kappa shape index (κ2) is 13.2. The summed E-state index contributed by atoms with van der Waals surface area (Å²) in [5.74, 6) is -3.15. The molecular formula is C24H34N6O5. The first-order chi connectivity index (χ1) is 16.6. The van der Waals surface area contributed by atoms with Crippen molar-refractivity contribution in [1.82, 2.24) is 25.9 Å². The van der Waals surface area contributed by atoms with E-state index in [2.05, 4.69) is 25.9 Å². The zero-order valence-electron chi connectivity index (χ0n) is 20.2. The van der Waals surface area contributed by atoms with Gasteiger partial charge in [0.05, 0.1) is 12.4 Å². The van der Waals surface area contributed by atoms with Crippen molar-refractivity contribution in [3.63, 3.8) is 0 Å². The first kappa shape index (κ1) is 27.5. The van der Waals surface area contributed by atoms with Gasteiger partial charge in [-0.15, -0.1) is 0 Å². The Morgan fingerprint density at radius 1 is 1.00 bits per heavy atom. The summed E-state index contributed by atoms with van der Waals surface area (Å²) in [6, 6.07) is 5.00. The van der Waals surface area contributed by atoms with E-state index in [-0.39, 0.29) is 18.8 Å². The van der Waals surface area contributed by atoms with Gasteiger partial charge in [-0.25, -0.2) is 4.98 Å². The van der Waals surface area contributed by atoms with Crippen molar-refractivity contribution in [3.8, 4) is 0 Å². The van der Waals surface area contributed by atoms with Crippen LogP contribution in [0.15, 0.2) is 42.9 Å². The van der Waals surface area contributed by atoms with E-state index in [9.17, 15) is 19.2 Å². The maximum Gasteiger partial charge on any atom is 0.325 e. The van der Waals surface area contributed by atoms with E-state index in [1.807, 2.05) is 19.9 Å². The van der Waals surface area contributed by atoms with Crippen LogP contribution in [0.4, 0.5) is 0 Å². The van der Waals surface area contributed by atoms with Gasteiger partial charge >= 0.3 is 5.97 Å². The molecule has 1 aromatic carbocycles. The lowest BCUT2D eigenvalue weighted by Crippen LogP contribution is -2.59. The number of nitrogens with one attached hydrogen (secondary N) is 4. The van der Waals surface area contributed by atoms with E-state index in [1.54, 1.807) is 30.5 Å². The third kappa shape index (κ3) is 8.53. The number of rotatable bonds is 13. The van der Waals surface area contributed by atoms with Crippen LogP contribution in [0.3, 0.4) is 0 Å². The average molecular weight is 487 g/mol. The number of H-pyrrole nitrogens is 1. The molecule has 0 aliphatic rings. The molecule has 2 rings (SSSR count). The summed E-state index contributed by atoms with van der Waals surface area (Å²) in [4.78, 5) is 56.9. The van der Waals surface area contributed by atoms with Gasteiger partial charge in [-0.3, -0.25) is 19.2 Å². The van der Waals surface area contributed by atoms with Gasteiger partial charge in [-0.2, -0.15) is 0 Å². The van der Waals surface area contributed by atoms with Gasteiger partial charge in [0.15, 0.2) is 0 Å². The first-order valence-corrected chi connectivity index (χ1v) is 11.5. The number of aromatic amines is 1. The number of amides is 3. The molecule has 1 aromatic heterocycles. The molecule has 0 spiro atoms. The molecule has 11 heteroatoms. The molecule has 190 valence electrons. The topological polar surface area (TPSA) is 179 Å². The number of aliphatic carboxylic acids is 1. The molecule has 3 amide bonds. The van der Waals surface area contributed by atoms with Crippen LogP contribution in [0, 0.1) is 5.92 Å².